The van der Waals surface area contributed by atoms with Gasteiger partial charge in [0, 0.05) is 56.3 Å². The third-order valence-corrected chi connectivity index (χ3v) is 8.76. The number of primary amides is 1. The molecular formula is C30H33N3O8. The van der Waals surface area contributed by atoms with Gasteiger partial charge in [-0.3, -0.25) is 24.0 Å². The molecule has 2 unspecified atom stereocenters. The number of aliphatic hydroxyl groups is 1. The van der Waals surface area contributed by atoms with Crippen molar-refractivity contribution in [2.24, 2.45) is 29.4 Å². The molecule has 0 aliphatic heterocycles. The van der Waals surface area contributed by atoms with Gasteiger partial charge in [0.05, 0.1) is 18.6 Å². The van der Waals surface area contributed by atoms with E-state index in [0.29, 0.717) is 29.1 Å². The normalized spacial score (nSPS) is 27.1. The number of hydrogen-bond acceptors (Lipinski definition) is 10. The van der Waals surface area contributed by atoms with Crippen LogP contribution in [-0.2, 0) is 38.7 Å². The molecule has 2 fully saturated rings. The fourth-order valence-corrected chi connectivity index (χ4v) is 6.78. The van der Waals surface area contributed by atoms with Crippen LogP contribution < -0.4 is 20.7 Å². The molecule has 5 rings (SSSR count). The Morgan fingerprint density at radius 1 is 1.10 bits per heavy atom. The van der Waals surface area contributed by atoms with Gasteiger partial charge in [0.25, 0.3) is 0 Å². The van der Waals surface area contributed by atoms with E-state index in [0.717, 1.165) is 5.56 Å². The fourth-order valence-electron chi connectivity index (χ4n) is 6.78. The number of nitrogens with two attached hydrogens (primary N) is 1. The summed E-state index contributed by atoms with van der Waals surface area (Å²) in [5.74, 6) is -9.53. The van der Waals surface area contributed by atoms with E-state index in [-0.39, 0.29) is 37.1 Å². The number of benzene rings is 2. The lowest BCUT2D eigenvalue weighted by molar-refractivity contribution is -0.175. The molecule has 0 radical (unpaired) electrons. The van der Waals surface area contributed by atoms with Crippen molar-refractivity contribution in [3.63, 3.8) is 0 Å². The van der Waals surface area contributed by atoms with Crippen LogP contribution in [0.15, 0.2) is 30.3 Å². The lowest BCUT2D eigenvalue weighted by Crippen LogP contribution is -2.68. The summed E-state index contributed by atoms with van der Waals surface area (Å²) in [5.41, 5.74) is 5.15. The summed E-state index contributed by atoms with van der Waals surface area (Å²) in [7, 11) is 5.19. The van der Waals surface area contributed by atoms with Gasteiger partial charge in [-0.15, -0.1) is 0 Å². The van der Waals surface area contributed by atoms with E-state index in [1.807, 2.05) is 43.3 Å². The molecule has 0 spiro atoms. The molecule has 2 saturated carbocycles. The molecule has 5 atom stereocenters. The van der Waals surface area contributed by atoms with E-state index in [9.17, 15) is 34.2 Å². The number of aromatic hydroxyl groups is 1. The van der Waals surface area contributed by atoms with Crippen LogP contribution in [0.3, 0.4) is 0 Å². The molecule has 11 heteroatoms. The molecule has 0 bridgehead atoms. The Morgan fingerprint density at radius 3 is 2.44 bits per heavy atom. The summed E-state index contributed by atoms with van der Waals surface area (Å²) in [6.45, 7) is 0.617. The van der Waals surface area contributed by atoms with Crippen molar-refractivity contribution in [2.75, 3.05) is 26.1 Å². The number of Topliss-reactive ketones (excluding diaryl/α,β-unsaturated/α-hetero) is 4. The van der Waals surface area contributed by atoms with Gasteiger partial charge in [0.1, 0.15) is 11.5 Å². The highest BCUT2D eigenvalue weighted by atomic mass is 16.5. The van der Waals surface area contributed by atoms with Crippen molar-refractivity contribution < 1.29 is 38.9 Å². The second-order valence-corrected chi connectivity index (χ2v) is 11.3. The average Bonchev–Trinajstić information content (AvgIpc) is 2.91. The maximum absolute atomic E-state index is 14.0. The van der Waals surface area contributed by atoms with Gasteiger partial charge < -0.3 is 30.9 Å². The maximum atomic E-state index is 14.0. The Hall–Kier alpha value is -4.09. The molecule has 2 aromatic rings. The van der Waals surface area contributed by atoms with Crippen molar-refractivity contribution in [2.45, 2.75) is 38.0 Å². The number of methoxy groups -OCH3 is 1. The maximum Gasteiger partial charge on any atom is 0.235 e. The number of carbonyl (C=O) groups is 5. The highest BCUT2D eigenvalue weighted by molar-refractivity contribution is 6.31. The second kappa shape index (κ2) is 10.4. The van der Waals surface area contributed by atoms with Crippen LogP contribution in [0.25, 0.3) is 0 Å². The Balaban J connectivity index is 1.50. The summed E-state index contributed by atoms with van der Waals surface area (Å²) in [6.07, 6.45) is -0.0902. The number of amides is 1. The van der Waals surface area contributed by atoms with Crippen LogP contribution in [0.4, 0.5) is 5.69 Å². The number of nitrogens with one attached hydrogen (secondary N) is 1. The zero-order valence-electron chi connectivity index (χ0n) is 23.1. The average molecular weight is 564 g/mol. The predicted octanol–water partition coefficient (Wildman–Crippen LogP) is 0.691. The number of ether oxygens (including phenoxy) is 1. The third-order valence-electron chi connectivity index (χ3n) is 8.76. The van der Waals surface area contributed by atoms with Crippen molar-refractivity contribution in [3.05, 3.63) is 52.6 Å². The first-order chi connectivity index (χ1) is 19.4. The third kappa shape index (κ3) is 4.40. The van der Waals surface area contributed by atoms with Crippen molar-refractivity contribution in [3.8, 4) is 11.5 Å². The number of anilines is 1. The molecule has 3 aliphatic carbocycles. The zero-order chi connectivity index (χ0) is 29.8. The number of fused-ring (bicyclic) bond motifs is 3. The summed E-state index contributed by atoms with van der Waals surface area (Å²) in [6, 6.07) is 9.28. The number of ketones is 4. The molecule has 11 nitrogen and oxygen atoms in total. The van der Waals surface area contributed by atoms with Gasteiger partial charge in [-0.1, -0.05) is 18.2 Å². The number of hydrogen-bond donors (Lipinski definition) is 4. The highest BCUT2D eigenvalue weighted by Crippen LogP contribution is 2.51. The minimum Gasteiger partial charge on any atom is -0.507 e. The van der Waals surface area contributed by atoms with E-state index < -0.39 is 58.3 Å². The van der Waals surface area contributed by atoms with Crippen LogP contribution in [0, 0.1) is 23.7 Å². The van der Waals surface area contributed by atoms with Crippen LogP contribution >= 0.6 is 0 Å². The van der Waals surface area contributed by atoms with Gasteiger partial charge in [0.15, 0.2) is 34.7 Å². The molecular weight excluding hydrogens is 530 g/mol. The number of phenols is 1. The molecule has 0 heterocycles. The lowest BCUT2D eigenvalue weighted by atomic mass is 9.53. The zero-order valence-corrected chi connectivity index (χ0v) is 23.1. The van der Waals surface area contributed by atoms with Crippen molar-refractivity contribution in [1.29, 1.82) is 0 Å². The van der Waals surface area contributed by atoms with E-state index in [1.54, 1.807) is 13.2 Å². The van der Waals surface area contributed by atoms with E-state index in [1.165, 1.54) is 0 Å². The SMILES string of the molecule is COc1ccccc1CNCc1cc(N(C)C)c2c(c1O)C(=O)C1C(=O)[C@]3(O)C(=O)C(C(N)=O)C(=O)C[C@@H]3C[C@@H]1C2. The Morgan fingerprint density at radius 2 is 1.78 bits per heavy atom. The van der Waals surface area contributed by atoms with Crippen molar-refractivity contribution >= 4 is 34.7 Å². The lowest BCUT2D eigenvalue weighted by Gasteiger charge is -2.48. The van der Waals surface area contributed by atoms with E-state index >= 15 is 0 Å². The smallest absolute Gasteiger partial charge is 0.235 e. The first kappa shape index (κ1) is 28.4. The number of phenolic OH excluding ortho intramolecular Hbond substituents is 1. The minimum atomic E-state index is -2.67. The van der Waals surface area contributed by atoms with Crippen LogP contribution in [0.1, 0.15) is 39.9 Å². The minimum absolute atomic E-state index is 0.0206. The standard InChI is InChI=1S/C30H33N3O8/c1-33(2)19-10-16(13-32-12-14-6-4-5-7-21(14)41-3)25(35)23-18(19)9-15-8-17-11-20(34)24(29(31)39)28(38)30(17,40)27(37)22(15)26(23)36/h4-7,10,15,17,22,24,32,35,40H,8-9,11-13H2,1-3H3,(H2,31,39)/t15-,17+,22?,24?,30+/m1/s1. The molecule has 0 aromatic heterocycles. The van der Waals surface area contributed by atoms with Crippen LogP contribution in [-0.4, -0.2) is 66.1 Å². The molecule has 2 aromatic carbocycles. The monoisotopic (exact) mass is 563 g/mol. The summed E-state index contributed by atoms with van der Waals surface area (Å²) >= 11 is 0. The first-order valence-corrected chi connectivity index (χ1v) is 13.5. The second-order valence-electron chi connectivity index (χ2n) is 11.3. The molecule has 216 valence electrons. The molecule has 3 aliphatic rings. The molecule has 1 amide bonds. The van der Waals surface area contributed by atoms with Gasteiger partial charge in [-0.05, 0) is 36.5 Å². The van der Waals surface area contributed by atoms with Gasteiger partial charge in [-0.25, -0.2) is 0 Å². The molecule has 5 N–H and O–H groups in total. The largest absolute Gasteiger partial charge is 0.507 e. The summed E-state index contributed by atoms with van der Waals surface area (Å²) in [4.78, 5) is 67.1. The van der Waals surface area contributed by atoms with Gasteiger partial charge >= 0.3 is 0 Å². The number of para-hydroxylation sites is 1. The van der Waals surface area contributed by atoms with Gasteiger partial charge in [0.2, 0.25) is 5.91 Å². The Labute approximate surface area is 236 Å². The topological polar surface area (TPSA) is 176 Å². The fraction of sp³-hybridized carbons (Fsp3) is 0.433. The predicted molar refractivity (Wildman–Crippen MR) is 146 cm³/mol. The van der Waals surface area contributed by atoms with Crippen LogP contribution in [0.5, 0.6) is 11.5 Å². The number of nitrogens with zero attached hydrogens (tertiary/aromatic N) is 1. The van der Waals surface area contributed by atoms with Gasteiger partial charge in [-0.2, -0.15) is 0 Å². The molecule has 0 saturated heterocycles. The quantitative estimate of drug-likeness (QED) is 0.351. The molecule has 41 heavy (non-hydrogen) atoms. The number of rotatable bonds is 7. The summed E-state index contributed by atoms with van der Waals surface area (Å²) in [5, 5.41) is 26.0. The Kier molecular flexibility index (Phi) is 7.20. The first-order valence-electron chi connectivity index (χ1n) is 13.5. The van der Waals surface area contributed by atoms with E-state index in [2.05, 4.69) is 5.32 Å². The van der Waals surface area contributed by atoms with Crippen LogP contribution in [0.2, 0.25) is 0 Å². The summed E-state index contributed by atoms with van der Waals surface area (Å²) < 4.78 is 5.39. The highest BCUT2D eigenvalue weighted by Gasteiger charge is 2.66. The van der Waals surface area contributed by atoms with E-state index in [4.69, 9.17) is 10.5 Å². The van der Waals surface area contributed by atoms with Crippen molar-refractivity contribution in [1.82, 2.24) is 5.32 Å². The Bertz CT molecular complexity index is 1480. The number of carbonyl (C=O) groups excluding carboxylic acids is 5.